The molecule has 0 amide bonds. The lowest BCUT2D eigenvalue weighted by Crippen LogP contribution is -2.37. The Morgan fingerprint density at radius 1 is 1.43 bits per heavy atom. The lowest BCUT2D eigenvalue weighted by Gasteiger charge is -2.25. The van der Waals surface area contributed by atoms with Crippen molar-refractivity contribution in [3.63, 3.8) is 0 Å². The van der Waals surface area contributed by atoms with Crippen LogP contribution in [0.5, 0.6) is 5.88 Å². The average molecular weight is 444 g/mol. The van der Waals surface area contributed by atoms with Crippen LogP contribution in [0.2, 0.25) is 0 Å². The Morgan fingerprint density at radius 2 is 2.17 bits per heavy atom. The number of nitrogens with one attached hydrogen (secondary N) is 1. The Kier molecular flexibility index (Phi) is 7.86. The summed E-state index contributed by atoms with van der Waals surface area (Å²) >= 11 is 0. The van der Waals surface area contributed by atoms with Gasteiger partial charge in [-0.1, -0.05) is 6.42 Å². The number of ether oxygens (including phenoxy) is 1. The topological polar surface area (TPSA) is 72.5 Å². The molecule has 0 unspecified atom stereocenters. The van der Waals surface area contributed by atoms with E-state index < -0.39 is 12.8 Å². The molecule has 1 fully saturated rings. The van der Waals surface area contributed by atoms with Gasteiger partial charge in [-0.05, 0) is 30.4 Å². The fourth-order valence-electron chi connectivity index (χ4n) is 1.96. The van der Waals surface area contributed by atoms with Crippen LogP contribution in [0.1, 0.15) is 24.8 Å². The normalized spacial score (nSPS) is 15.5. The number of hydrogen-bond donors (Lipinski definition) is 2. The molecular formula is C14H20F3IN4O. The van der Waals surface area contributed by atoms with E-state index in [-0.39, 0.29) is 36.4 Å². The molecule has 130 valence electrons. The predicted octanol–water partition coefficient (Wildman–Crippen LogP) is 2.85. The molecule has 0 atom stereocenters. The molecule has 0 saturated heterocycles. The zero-order valence-electron chi connectivity index (χ0n) is 12.5. The molecule has 1 aliphatic rings. The lowest BCUT2D eigenvalue weighted by molar-refractivity contribution is -0.154. The molecule has 0 aliphatic heterocycles. The molecule has 1 heterocycles. The van der Waals surface area contributed by atoms with Gasteiger partial charge < -0.3 is 15.8 Å². The third-order valence-corrected chi connectivity index (χ3v) is 3.41. The van der Waals surface area contributed by atoms with E-state index in [1.165, 1.54) is 31.5 Å². The van der Waals surface area contributed by atoms with Crippen LogP contribution >= 0.6 is 24.0 Å². The van der Waals surface area contributed by atoms with Crippen molar-refractivity contribution >= 4 is 29.9 Å². The second kappa shape index (κ2) is 9.14. The number of rotatable bonds is 6. The number of aliphatic imine (C=N–C) groups is 1. The number of hydrogen-bond acceptors (Lipinski definition) is 3. The molecule has 0 spiro atoms. The van der Waals surface area contributed by atoms with Gasteiger partial charge in [-0.25, -0.2) is 9.98 Å². The van der Waals surface area contributed by atoms with E-state index in [0.29, 0.717) is 17.4 Å². The molecule has 1 aromatic heterocycles. The Labute approximate surface area is 149 Å². The van der Waals surface area contributed by atoms with E-state index in [2.05, 4.69) is 20.0 Å². The fourth-order valence-corrected chi connectivity index (χ4v) is 1.96. The molecule has 23 heavy (non-hydrogen) atoms. The standard InChI is InChI=1S/C14H19F3N4O.HI/c15-14(16,17)9-22-12-6-11(4-5-19-12)8-21-13(18)20-7-10-2-1-3-10;/h4-6,10H,1-3,7-9H2,(H3,18,20,21);1H. The average Bonchev–Trinajstić information content (AvgIpc) is 2.41. The van der Waals surface area contributed by atoms with Crippen LogP contribution in [-0.2, 0) is 6.54 Å². The quantitative estimate of drug-likeness (QED) is 0.402. The summed E-state index contributed by atoms with van der Waals surface area (Å²) in [5.74, 6) is 0.921. The van der Waals surface area contributed by atoms with Crippen molar-refractivity contribution in [3.05, 3.63) is 23.9 Å². The molecule has 0 aromatic carbocycles. The summed E-state index contributed by atoms with van der Waals surface area (Å²) in [6.45, 7) is -0.294. The minimum atomic E-state index is -4.38. The third-order valence-electron chi connectivity index (χ3n) is 3.41. The molecule has 1 aromatic rings. The number of nitrogens with two attached hydrogens (primary N) is 1. The van der Waals surface area contributed by atoms with Crippen LogP contribution in [0, 0.1) is 5.92 Å². The molecular weight excluding hydrogens is 424 g/mol. The summed E-state index contributed by atoms with van der Waals surface area (Å²) < 4.78 is 40.8. The lowest BCUT2D eigenvalue weighted by atomic mass is 9.85. The van der Waals surface area contributed by atoms with Crippen molar-refractivity contribution in [3.8, 4) is 5.88 Å². The van der Waals surface area contributed by atoms with Crippen molar-refractivity contribution in [2.75, 3.05) is 13.2 Å². The Morgan fingerprint density at radius 3 is 2.78 bits per heavy atom. The second-order valence-corrected chi connectivity index (χ2v) is 5.29. The molecule has 0 radical (unpaired) electrons. The first-order valence-electron chi connectivity index (χ1n) is 7.10. The maximum Gasteiger partial charge on any atom is 0.422 e. The molecule has 2 rings (SSSR count). The van der Waals surface area contributed by atoms with Gasteiger partial charge in [0.15, 0.2) is 12.6 Å². The van der Waals surface area contributed by atoms with E-state index in [1.807, 2.05) is 0 Å². The van der Waals surface area contributed by atoms with Gasteiger partial charge in [0.25, 0.3) is 0 Å². The van der Waals surface area contributed by atoms with E-state index in [0.717, 1.165) is 6.54 Å². The fraction of sp³-hybridized carbons (Fsp3) is 0.571. The monoisotopic (exact) mass is 444 g/mol. The van der Waals surface area contributed by atoms with Gasteiger partial charge in [0.1, 0.15) is 0 Å². The zero-order chi connectivity index (χ0) is 16.0. The highest BCUT2D eigenvalue weighted by molar-refractivity contribution is 14.0. The molecule has 3 N–H and O–H groups in total. The van der Waals surface area contributed by atoms with Crippen molar-refractivity contribution in [1.82, 2.24) is 10.3 Å². The minimum Gasteiger partial charge on any atom is -0.468 e. The van der Waals surface area contributed by atoms with Gasteiger partial charge in [0, 0.05) is 18.8 Å². The van der Waals surface area contributed by atoms with Crippen molar-refractivity contribution < 1.29 is 17.9 Å². The number of pyridine rings is 1. The summed E-state index contributed by atoms with van der Waals surface area (Å²) in [6.07, 6.45) is 0.691. The largest absolute Gasteiger partial charge is 0.468 e. The zero-order valence-corrected chi connectivity index (χ0v) is 14.8. The number of nitrogens with zero attached hydrogens (tertiary/aromatic N) is 2. The van der Waals surface area contributed by atoms with Crippen LogP contribution in [0.25, 0.3) is 0 Å². The number of alkyl halides is 3. The maximum atomic E-state index is 12.1. The maximum absolute atomic E-state index is 12.1. The van der Waals surface area contributed by atoms with Gasteiger partial charge in [-0.3, -0.25) is 0 Å². The number of aromatic nitrogens is 1. The van der Waals surface area contributed by atoms with Crippen molar-refractivity contribution in [1.29, 1.82) is 0 Å². The molecule has 9 heteroatoms. The first-order valence-corrected chi connectivity index (χ1v) is 7.10. The first kappa shape index (κ1) is 19.8. The first-order chi connectivity index (χ1) is 10.4. The summed E-state index contributed by atoms with van der Waals surface area (Å²) in [5, 5.41) is 3.05. The summed E-state index contributed by atoms with van der Waals surface area (Å²) in [7, 11) is 0. The minimum absolute atomic E-state index is 0. The summed E-state index contributed by atoms with van der Waals surface area (Å²) in [6, 6.07) is 3.08. The van der Waals surface area contributed by atoms with Crippen LogP contribution in [0.15, 0.2) is 23.3 Å². The molecule has 5 nitrogen and oxygen atoms in total. The van der Waals surface area contributed by atoms with Gasteiger partial charge in [0.05, 0.1) is 6.54 Å². The van der Waals surface area contributed by atoms with Crippen molar-refractivity contribution in [2.24, 2.45) is 16.6 Å². The van der Waals surface area contributed by atoms with E-state index in [9.17, 15) is 13.2 Å². The van der Waals surface area contributed by atoms with E-state index >= 15 is 0 Å². The van der Waals surface area contributed by atoms with E-state index in [4.69, 9.17) is 5.73 Å². The molecule has 0 bridgehead atoms. The van der Waals surface area contributed by atoms with E-state index in [1.54, 1.807) is 6.07 Å². The SMILES string of the molecule is I.NC(=NCc1ccnc(OCC(F)(F)F)c1)NCC1CCC1. The second-order valence-electron chi connectivity index (χ2n) is 5.29. The van der Waals surface area contributed by atoms with Crippen LogP contribution in [-0.4, -0.2) is 30.3 Å². The van der Waals surface area contributed by atoms with Gasteiger partial charge in [0.2, 0.25) is 5.88 Å². The Balaban J connectivity index is 0.00000264. The summed E-state index contributed by atoms with van der Waals surface area (Å²) in [5.41, 5.74) is 6.43. The Hall–Kier alpha value is -1.26. The van der Waals surface area contributed by atoms with Crippen molar-refractivity contribution in [2.45, 2.75) is 32.0 Å². The number of guanidine groups is 1. The van der Waals surface area contributed by atoms with Crippen LogP contribution in [0.3, 0.4) is 0 Å². The summed E-state index contributed by atoms with van der Waals surface area (Å²) in [4.78, 5) is 7.88. The highest BCUT2D eigenvalue weighted by atomic mass is 127. The van der Waals surface area contributed by atoms with Gasteiger partial charge in [-0.2, -0.15) is 13.2 Å². The highest BCUT2D eigenvalue weighted by Crippen LogP contribution is 2.25. The van der Waals surface area contributed by atoms with Gasteiger partial charge >= 0.3 is 6.18 Å². The predicted molar refractivity (Wildman–Crippen MR) is 91.9 cm³/mol. The van der Waals surface area contributed by atoms with Crippen LogP contribution < -0.4 is 15.8 Å². The smallest absolute Gasteiger partial charge is 0.422 e. The van der Waals surface area contributed by atoms with Crippen LogP contribution in [0.4, 0.5) is 13.2 Å². The van der Waals surface area contributed by atoms with Gasteiger partial charge in [-0.15, -0.1) is 24.0 Å². The number of halogens is 4. The molecule has 1 saturated carbocycles. The third kappa shape index (κ3) is 7.71. The Bertz CT molecular complexity index is 521. The molecule has 1 aliphatic carbocycles. The highest BCUT2D eigenvalue weighted by Gasteiger charge is 2.28.